The van der Waals surface area contributed by atoms with Crippen LogP contribution in [0.2, 0.25) is 0 Å². The summed E-state index contributed by atoms with van der Waals surface area (Å²) in [5, 5.41) is 0. The first-order valence-electron chi connectivity index (χ1n) is 5.98. The maximum Gasteiger partial charge on any atom is 0.134 e. The molecule has 1 aromatic carbocycles. The van der Waals surface area contributed by atoms with Gasteiger partial charge in [-0.15, -0.1) is 0 Å². The summed E-state index contributed by atoms with van der Waals surface area (Å²) in [5.74, 6) is 0.953. The molecule has 90 valence electrons. The average Bonchev–Trinajstić information content (AvgIpc) is 2.37. The summed E-state index contributed by atoms with van der Waals surface area (Å²) in [5.41, 5.74) is 1.86. The van der Waals surface area contributed by atoms with Crippen LogP contribution in [0, 0.1) is 5.41 Å². The zero-order chi connectivity index (χ0) is 12.5. The normalized spacial score (nSPS) is 27.0. The summed E-state index contributed by atoms with van der Waals surface area (Å²) >= 11 is 0. The summed E-state index contributed by atoms with van der Waals surface area (Å²) < 4.78 is 5.42. The second-order valence-corrected chi connectivity index (χ2v) is 4.70. The molecule has 1 aromatic rings. The van der Waals surface area contributed by atoms with Gasteiger partial charge in [0.1, 0.15) is 12.0 Å². The summed E-state index contributed by atoms with van der Waals surface area (Å²) in [7, 11) is 1.63. The molecule has 0 aliphatic heterocycles. The van der Waals surface area contributed by atoms with E-state index in [4.69, 9.17) is 4.74 Å². The molecule has 1 aliphatic rings. The van der Waals surface area contributed by atoms with Crippen LogP contribution in [0.15, 0.2) is 30.0 Å². The van der Waals surface area contributed by atoms with Gasteiger partial charge >= 0.3 is 0 Å². The van der Waals surface area contributed by atoms with E-state index in [-0.39, 0.29) is 5.92 Å². The number of rotatable bonds is 3. The third-order valence-electron chi connectivity index (χ3n) is 3.79. The molecule has 0 unspecified atom stereocenters. The van der Waals surface area contributed by atoms with Crippen molar-refractivity contribution in [3.63, 3.8) is 0 Å². The Morgan fingerprint density at radius 3 is 2.71 bits per heavy atom. The SMILES string of the molecule is CC[C@H]1c2ccccc2C=C(OC)[C@@]1(C)C=O. The van der Waals surface area contributed by atoms with Gasteiger partial charge in [0, 0.05) is 5.92 Å². The van der Waals surface area contributed by atoms with Crippen molar-refractivity contribution in [1.29, 1.82) is 0 Å². The lowest BCUT2D eigenvalue weighted by molar-refractivity contribution is -0.116. The first-order valence-corrected chi connectivity index (χ1v) is 5.98. The molecule has 1 aliphatic carbocycles. The smallest absolute Gasteiger partial charge is 0.134 e. The highest BCUT2D eigenvalue weighted by Crippen LogP contribution is 2.48. The number of carbonyl (C=O) groups excluding carboxylic acids is 1. The van der Waals surface area contributed by atoms with Crippen LogP contribution in [0.5, 0.6) is 0 Å². The highest BCUT2D eigenvalue weighted by atomic mass is 16.5. The number of aldehydes is 1. The van der Waals surface area contributed by atoms with Crippen LogP contribution in [-0.2, 0) is 9.53 Å². The van der Waals surface area contributed by atoms with E-state index in [2.05, 4.69) is 19.1 Å². The molecule has 2 rings (SSSR count). The van der Waals surface area contributed by atoms with Crippen molar-refractivity contribution in [2.75, 3.05) is 7.11 Å². The minimum atomic E-state index is -0.544. The summed E-state index contributed by atoms with van der Waals surface area (Å²) in [4.78, 5) is 11.5. The summed E-state index contributed by atoms with van der Waals surface area (Å²) in [6.45, 7) is 4.07. The Labute approximate surface area is 102 Å². The Balaban J connectivity index is 2.64. The first kappa shape index (κ1) is 11.9. The van der Waals surface area contributed by atoms with E-state index in [0.717, 1.165) is 24.0 Å². The molecule has 0 spiro atoms. The minimum absolute atomic E-state index is 0.191. The standard InChI is InChI=1S/C15H18O2/c1-4-13-12-8-6-5-7-11(12)9-14(17-3)15(13,2)10-16/h5-10,13H,4H2,1-3H3/t13-,15-/m0/s1. The molecule has 17 heavy (non-hydrogen) atoms. The molecule has 2 nitrogen and oxygen atoms in total. The van der Waals surface area contributed by atoms with E-state index >= 15 is 0 Å². The van der Waals surface area contributed by atoms with E-state index in [1.807, 2.05) is 25.1 Å². The lowest BCUT2D eigenvalue weighted by Gasteiger charge is -2.38. The van der Waals surface area contributed by atoms with Gasteiger partial charge in [-0.25, -0.2) is 0 Å². The Kier molecular flexibility index (Phi) is 3.05. The largest absolute Gasteiger partial charge is 0.500 e. The number of benzene rings is 1. The predicted molar refractivity (Wildman–Crippen MR) is 68.6 cm³/mol. The Morgan fingerprint density at radius 1 is 1.41 bits per heavy atom. The second-order valence-electron chi connectivity index (χ2n) is 4.70. The molecule has 0 amide bonds. The highest BCUT2D eigenvalue weighted by molar-refractivity contribution is 5.74. The highest BCUT2D eigenvalue weighted by Gasteiger charge is 2.42. The van der Waals surface area contributed by atoms with Gasteiger partial charge in [0.05, 0.1) is 12.5 Å². The van der Waals surface area contributed by atoms with Gasteiger partial charge in [0.2, 0.25) is 0 Å². The van der Waals surface area contributed by atoms with Gasteiger partial charge in [-0.05, 0) is 30.5 Å². The van der Waals surface area contributed by atoms with Gasteiger partial charge in [-0.2, -0.15) is 0 Å². The van der Waals surface area contributed by atoms with E-state index in [0.29, 0.717) is 0 Å². The molecule has 0 saturated carbocycles. The van der Waals surface area contributed by atoms with Crippen LogP contribution in [0.4, 0.5) is 0 Å². The maximum absolute atomic E-state index is 11.5. The number of allylic oxidation sites excluding steroid dienone is 1. The third kappa shape index (κ3) is 1.68. The first-order chi connectivity index (χ1) is 8.17. The fourth-order valence-corrected chi connectivity index (χ4v) is 2.81. The molecule has 0 fully saturated rings. The molecule has 2 atom stereocenters. The van der Waals surface area contributed by atoms with Crippen LogP contribution >= 0.6 is 0 Å². The zero-order valence-electron chi connectivity index (χ0n) is 10.6. The lowest BCUT2D eigenvalue weighted by Crippen LogP contribution is -2.33. The van der Waals surface area contributed by atoms with Crippen molar-refractivity contribution >= 4 is 12.4 Å². The minimum Gasteiger partial charge on any atom is -0.500 e. The number of hydrogen-bond donors (Lipinski definition) is 0. The topological polar surface area (TPSA) is 26.3 Å². The van der Waals surface area contributed by atoms with Crippen molar-refractivity contribution in [1.82, 2.24) is 0 Å². The Bertz CT molecular complexity index is 462. The van der Waals surface area contributed by atoms with E-state index in [1.165, 1.54) is 5.56 Å². The number of fused-ring (bicyclic) bond motifs is 1. The van der Waals surface area contributed by atoms with Crippen molar-refractivity contribution in [2.45, 2.75) is 26.2 Å². The molecule has 2 heteroatoms. The third-order valence-corrected chi connectivity index (χ3v) is 3.79. The average molecular weight is 230 g/mol. The van der Waals surface area contributed by atoms with Crippen LogP contribution < -0.4 is 0 Å². The number of hydrogen-bond acceptors (Lipinski definition) is 2. The lowest BCUT2D eigenvalue weighted by atomic mass is 9.67. The Morgan fingerprint density at radius 2 is 2.12 bits per heavy atom. The molecule has 0 bridgehead atoms. The molecule has 0 radical (unpaired) electrons. The van der Waals surface area contributed by atoms with E-state index in [1.54, 1.807) is 7.11 Å². The van der Waals surface area contributed by atoms with Gasteiger partial charge in [0.25, 0.3) is 0 Å². The van der Waals surface area contributed by atoms with Crippen molar-refractivity contribution < 1.29 is 9.53 Å². The van der Waals surface area contributed by atoms with Crippen molar-refractivity contribution in [3.8, 4) is 0 Å². The van der Waals surface area contributed by atoms with Gasteiger partial charge in [0.15, 0.2) is 0 Å². The van der Waals surface area contributed by atoms with Crippen molar-refractivity contribution in [2.24, 2.45) is 5.41 Å². The Hall–Kier alpha value is -1.57. The number of ether oxygens (including phenoxy) is 1. The van der Waals surface area contributed by atoms with Crippen molar-refractivity contribution in [3.05, 3.63) is 41.2 Å². The molecular formula is C15H18O2. The fraction of sp³-hybridized carbons (Fsp3) is 0.400. The summed E-state index contributed by atoms with van der Waals surface area (Å²) in [6.07, 6.45) is 3.93. The number of methoxy groups -OCH3 is 1. The van der Waals surface area contributed by atoms with Crippen LogP contribution in [-0.4, -0.2) is 13.4 Å². The molecule has 0 aromatic heterocycles. The second kappa shape index (κ2) is 4.36. The predicted octanol–water partition coefficient (Wildman–Crippen LogP) is 3.39. The van der Waals surface area contributed by atoms with Gasteiger partial charge < -0.3 is 9.53 Å². The summed E-state index contributed by atoms with van der Waals surface area (Å²) in [6, 6.07) is 8.22. The monoisotopic (exact) mass is 230 g/mol. The van der Waals surface area contributed by atoms with E-state index in [9.17, 15) is 4.79 Å². The fourth-order valence-electron chi connectivity index (χ4n) is 2.81. The number of carbonyl (C=O) groups is 1. The molecule has 0 N–H and O–H groups in total. The van der Waals surface area contributed by atoms with Crippen LogP contribution in [0.3, 0.4) is 0 Å². The molecule has 0 saturated heterocycles. The van der Waals surface area contributed by atoms with Gasteiger partial charge in [-0.3, -0.25) is 0 Å². The maximum atomic E-state index is 11.5. The van der Waals surface area contributed by atoms with Gasteiger partial charge in [-0.1, -0.05) is 31.2 Å². The van der Waals surface area contributed by atoms with Crippen LogP contribution in [0.1, 0.15) is 37.3 Å². The molecular weight excluding hydrogens is 212 g/mol. The van der Waals surface area contributed by atoms with E-state index < -0.39 is 5.41 Å². The van der Waals surface area contributed by atoms with Crippen LogP contribution in [0.25, 0.3) is 6.08 Å². The molecule has 0 heterocycles. The zero-order valence-corrected chi connectivity index (χ0v) is 10.6. The quantitative estimate of drug-likeness (QED) is 0.744.